The minimum atomic E-state index is -0.469. The number of rotatable bonds is 9. The molecule has 0 aliphatic heterocycles. The lowest BCUT2D eigenvalue weighted by Gasteiger charge is -2.11. The average Bonchev–Trinajstić information content (AvgIpc) is 3.65. The standard InChI is InChI=1S/C27H29N7O3/c1-4-37-27(36)22-9-20(19-5-6-19)14-34-15-21(32-25(22)34)11-30-13-24(33-29)26(35)31-12-23-16(2)7-18(10-28)8-17(23)3/h7-9,13-15,19H,4-6,11-12,29H2,1-3H3,(H,31,35). The van der Waals surface area contributed by atoms with E-state index in [1.54, 1.807) is 19.1 Å². The largest absolute Gasteiger partial charge is 0.462 e. The molecule has 1 saturated carbocycles. The maximum atomic E-state index is 12.6. The van der Waals surface area contributed by atoms with Gasteiger partial charge in [-0.2, -0.15) is 10.4 Å². The molecule has 0 unspecified atom stereocenters. The fourth-order valence-electron chi connectivity index (χ4n) is 4.22. The van der Waals surface area contributed by atoms with Crippen molar-refractivity contribution in [3.8, 4) is 6.07 Å². The van der Waals surface area contributed by atoms with Gasteiger partial charge in [0, 0.05) is 18.9 Å². The number of nitrogens with zero attached hydrogens (tertiary/aromatic N) is 5. The summed E-state index contributed by atoms with van der Waals surface area (Å²) in [6, 6.07) is 7.56. The Labute approximate surface area is 214 Å². The van der Waals surface area contributed by atoms with Gasteiger partial charge in [0.2, 0.25) is 0 Å². The maximum Gasteiger partial charge on any atom is 0.341 e. The summed E-state index contributed by atoms with van der Waals surface area (Å²) in [6.45, 7) is 6.27. The molecule has 0 atom stereocenters. The van der Waals surface area contributed by atoms with E-state index in [4.69, 9.17) is 15.8 Å². The number of nitrogens with two attached hydrogens (primary N) is 1. The molecule has 3 aromatic rings. The second-order valence-corrected chi connectivity index (χ2v) is 9.01. The van der Waals surface area contributed by atoms with E-state index in [9.17, 15) is 9.59 Å². The molecular weight excluding hydrogens is 470 g/mol. The van der Waals surface area contributed by atoms with Crippen LogP contribution >= 0.6 is 0 Å². The van der Waals surface area contributed by atoms with Crippen LogP contribution in [0, 0.1) is 25.2 Å². The van der Waals surface area contributed by atoms with Gasteiger partial charge in [0.05, 0.1) is 36.7 Å². The fourth-order valence-corrected chi connectivity index (χ4v) is 4.22. The number of aryl methyl sites for hydroxylation is 2. The van der Waals surface area contributed by atoms with Crippen LogP contribution in [-0.2, 0) is 22.6 Å². The lowest BCUT2D eigenvalue weighted by molar-refractivity contribution is -0.114. The number of imidazole rings is 1. The van der Waals surface area contributed by atoms with Gasteiger partial charge in [-0.15, -0.1) is 0 Å². The molecule has 0 spiro atoms. The van der Waals surface area contributed by atoms with Gasteiger partial charge in [0.1, 0.15) is 5.56 Å². The van der Waals surface area contributed by atoms with Crippen molar-refractivity contribution in [1.29, 1.82) is 5.26 Å². The van der Waals surface area contributed by atoms with Crippen LogP contribution < -0.4 is 11.2 Å². The van der Waals surface area contributed by atoms with Crippen molar-refractivity contribution in [2.45, 2.75) is 52.6 Å². The second-order valence-electron chi connectivity index (χ2n) is 9.01. The zero-order valence-electron chi connectivity index (χ0n) is 21.1. The molecular formula is C27H29N7O3. The number of hydrazone groups is 1. The third kappa shape index (κ3) is 5.83. The van der Waals surface area contributed by atoms with Crippen molar-refractivity contribution in [3.63, 3.8) is 0 Å². The van der Waals surface area contributed by atoms with E-state index in [1.807, 2.05) is 36.7 Å². The number of hydrogen-bond donors (Lipinski definition) is 2. The number of amides is 1. The molecule has 190 valence electrons. The molecule has 4 rings (SSSR count). The number of hydrogen-bond acceptors (Lipinski definition) is 8. The summed E-state index contributed by atoms with van der Waals surface area (Å²) in [6.07, 6.45) is 7.32. The van der Waals surface area contributed by atoms with E-state index >= 15 is 0 Å². The van der Waals surface area contributed by atoms with Crippen LogP contribution in [0.5, 0.6) is 0 Å². The van der Waals surface area contributed by atoms with Crippen LogP contribution in [0.2, 0.25) is 0 Å². The monoisotopic (exact) mass is 499 g/mol. The van der Waals surface area contributed by atoms with Crippen LogP contribution in [0.3, 0.4) is 0 Å². The number of ether oxygens (including phenoxy) is 1. The summed E-state index contributed by atoms with van der Waals surface area (Å²) in [4.78, 5) is 34.0. The zero-order chi connectivity index (χ0) is 26.5. The van der Waals surface area contributed by atoms with E-state index in [1.165, 1.54) is 6.21 Å². The SMILES string of the molecule is CCOC(=O)c1cc(C2CC2)cn2cc(CN=CC(=NN)C(=O)NCc3c(C)cc(C#N)cc3C)nc12. The molecule has 2 heterocycles. The van der Waals surface area contributed by atoms with Crippen molar-refractivity contribution >= 4 is 29.4 Å². The Balaban J connectivity index is 1.45. The molecule has 1 aliphatic rings. The molecule has 1 aromatic carbocycles. The second kappa shape index (κ2) is 11.0. The number of aliphatic imine (C=N–C) groups is 1. The number of aromatic nitrogens is 2. The van der Waals surface area contributed by atoms with E-state index < -0.39 is 11.9 Å². The van der Waals surface area contributed by atoms with Gasteiger partial charge in [0.25, 0.3) is 5.91 Å². The van der Waals surface area contributed by atoms with Gasteiger partial charge in [-0.1, -0.05) is 0 Å². The molecule has 10 nitrogen and oxygen atoms in total. The zero-order valence-corrected chi connectivity index (χ0v) is 21.1. The highest BCUT2D eigenvalue weighted by molar-refractivity contribution is 6.60. The van der Waals surface area contributed by atoms with Crippen molar-refractivity contribution in [2.75, 3.05) is 6.61 Å². The van der Waals surface area contributed by atoms with Gasteiger partial charge >= 0.3 is 5.97 Å². The third-order valence-corrected chi connectivity index (χ3v) is 6.26. The van der Waals surface area contributed by atoms with Crippen LogP contribution in [0.25, 0.3) is 5.65 Å². The predicted octanol–water partition coefficient (Wildman–Crippen LogP) is 3.08. The van der Waals surface area contributed by atoms with Crippen LogP contribution in [0.4, 0.5) is 0 Å². The molecule has 0 radical (unpaired) electrons. The van der Waals surface area contributed by atoms with Crippen molar-refractivity contribution in [1.82, 2.24) is 14.7 Å². The van der Waals surface area contributed by atoms with Crippen LogP contribution in [0.15, 0.2) is 40.7 Å². The van der Waals surface area contributed by atoms with Crippen molar-refractivity contribution < 1.29 is 14.3 Å². The Morgan fingerprint density at radius 1 is 1.27 bits per heavy atom. The fraction of sp³-hybridized carbons (Fsp3) is 0.333. The third-order valence-electron chi connectivity index (χ3n) is 6.26. The number of fused-ring (bicyclic) bond motifs is 1. The molecule has 3 N–H and O–H groups in total. The van der Waals surface area contributed by atoms with Gasteiger partial charge in [0.15, 0.2) is 11.4 Å². The summed E-state index contributed by atoms with van der Waals surface area (Å²) < 4.78 is 7.06. The van der Waals surface area contributed by atoms with Crippen LogP contribution in [-0.4, -0.2) is 39.8 Å². The highest BCUT2D eigenvalue weighted by Gasteiger charge is 2.26. The molecule has 2 aromatic heterocycles. The Kier molecular flexibility index (Phi) is 7.63. The molecule has 1 fully saturated rings. The highest BCUT2D eigenvalue weighted by Crippen LogP contribution is 2.40. The summed E-state index contributed by atoms with van der Waals surface area (Å²) in [5.74, 6) is 5.03. The average molecular weight is 500 g/mol. The molecule has 10 heteroatoms. The van der Waals surface area contributed by atoms with Gasteiger partial charge < -0.3 is 20.3 Å². The first-order valence-electron chi connectivity index (χ1n) is 12.1. The Morgan fingerprint density at radius 3 is 2.62 bits per heavy atom. The summed E-state index contributed by atoms with van der Waals surface area (Å²) in [7, 11) is 0. The Morgan fingerprint density at radius 2 is 2.00 bits per heavy atom. The maximum absolute atomic E-state index is 12.6. The first kappa shape index (κ1) is 25.6. The number of carbonyl (C=O) groups excluding carboxylic acids is 2. The van der Waals surface area contributed by atoms with E-state index in [0.29, 0.717) is 28.4 Å². The number of nitrogens with one attached hydrogen (secondary N) is 1. The van der Waals surface area contributed by atoms with Crippen molar-refractivity contribution in [2.24, 2.45) is 15.9 Å². The molecule has 0 saturated heterocycles. The number of pyridine rings is 1. The molecule has 0 bridgehead atoms. The lowest BCUT2D eigenvalue weighted by atomic mass is 9.99. The highest BCUT2D eigenvalue weighted by atomic mass is 16.5. The Hall–Kier alpha value is -4.52. The normalized spacial score (nSPS) is 13.6. The van der Waals surface area contributed by atoms with Gasteiger partial charge in [-0.3, -0.25) is 9.79 Å². The topological polar surface area (TPSA) is 147 Å². The number of benzene rings is 1. The number of nitriles is 1. The predicted molar refractivity (Wildman–Crippen MR) is 139 cm³/mol. The summed E-state index contributed by atoms with van der Waals surface area (Å²) >= 11 is 0. The summed E-state index contributed by atoms with van der Waals surface area (Å²) in [5.41, 5.74) is 5.94. The lowest BCUT2D eigenvalue weighted by Crippen LogP contribution is -2.32. The van der Waals surface area contributed by atoms with Crippen LogP contribution in [0.1, 0.15) is 69.6 Å². The molecule has 37 heavy (non-hydrogen) atoms. The smallest absolute Gasteiger partial charge is 0.341 e. The van der Waals surface area contributed by atoms with Crippen molar-refractivity contribution in [3.05, 3.63) is 69.7 Å². The first-order chi connectivity index (χ1) is 17.8. The van der Waals surface area contributed by atoms with E-state index in [2.05, 4.69) is 26.5 Å². The van der Waals surface area contributed by atoms with Gasteiger partial charge in [-0.25, -0.2) is 9.78 Å². The Bertz CT molecular complexity index is 1440. The van der Waals surface area contributed by atoms with E-state index in [0.717, 1.165) is 35.1 Å². The minimum absolute atomic E-state index is 0.0315. The molecule has 1 amide bonds. The quantitative estimate of drug-likeness (QED) is 0.200. The molecule has 1 aliphatic carbocycles. The van der Waals surface area contributed by atoms with Gasteiger partial charge in [-0.05, 0) is 80.0 Å². The number of carbonyl (C=O) groups is 2. The minimum Gasteiger partial charge on any atom is -0.462 e. The summed E-state index contributed by atoms with van der Waals surface area (Å²) in [5, 5.41) is 15.5. The first-order valence-corrected chi connectivity index (χ1v) is 12.1. The number of esters is 1. The van der Waals surface area contributed by atoms with E-state index in [-0.39, 0.29) is 25.4 Å².